The molecule has 3 aromatic rings. The topological polar surface area (TPSA) is 71.1 Å². The van der Waals surface area contributed by atoms with E-state index in [9.17, 15) is 14.0 Å². The van der Waals surface area contributed by atoms with Gasteiger partial charge in [-0.15, -0.1) is 11.3 Å². The highest BCUT2D eigenvalue weighted by atomic mass is 32.1. The Hall–Kier alpha value is -3.06. The van der Waals surface area contributed by atoms with Crippen LogP contribution in [-0.4, -0.2) is 16.8 Å². The lowest BCUT2D eigenvalue weighted by Crippen LogP contribution is -2.42. The monoisotopic (exact) mass is 395 g/mol. The fourth-order valence-electron chi connectivity index (χ4n) is 3.14. The zero-order chi connectivity index (χ0) is 19.7. The number of benzene rings is 2. The molecule has 142 valence electrons. The Bertz CT molecular complexity index is 1020. The van der Waals surface area contributed by atoms with Crippen LogP contribution in [0.3, 0.4) is 0 Å². The zero-order valence-corrected chi connectivity index (χ0v) is 15.9. The van der Waals surface area contributed by atoms with Crippen LogP contribution in [0.4, 0.5) is 4.39 Å². The van der Waals surface area contributed by atoms with Crippen LogP contribution in [0.25, 0.3) is 10.6 Å². The van der Waals surface area contributed by atoms with Crippen molar-refractivity contribution >= 4 is 23.2 Å². The molecule has 1 fully saturated rings. The van der Waals surface area contributed by atoms with E-state index in [1.807, 2.05) is 30.3 Å². The Balaban J connectivity index is 1.35. The van der Waals surface area contributed by atoms with E-state index in [0.29, 0.717) is 17.0 Å². The van der Waals surface area contributed by atoms with Gasteiger partial charge in [0.2, 0.25) is 5.91 Å². The van der Waals surface area contributed by atoms with Crippen molar-refractivity contribution in [2.24, 2.45) is 5.92 Å². The van der Waals surface area contributed by atoms with Crippen molar-refractivity contribution in [3.8, 4) is 10.6 Å². The van der Waals surface area contributed by atoms with Gasteiger partial charge in [0.15, 0.2) is 0 Å². The maximum absolute atomic E-state index is 13.0. The second-order valence-electron chi connectivity index (χ2n) is 6.74. The summed E-state index contributed by atoms with van der Waals surface area (Å²) in [5.74, 6) is -1.08. The summed E-state index contributed by atoms with van der Waals surface area (Å²) in [6.07, 6.45) is 0.686. The molecule has 4 rings (SSSR count). The molecule has 1 saturated carbocycles. The molecular weight excluding hydrogens is 377 g/mol. The number of hydrogen-bond acceptors (Lipinski definition) is 4. The molecular formula is C21H18FN3O2S. The summed E-state index contributed by atoms with van der Waals surface area (Å²) >= 11 is 1.29. The third-order valence-electron chi connectivity index (χ3n) is 4.75. The van der Waals surface area contributed by atoms with Crippen molar-refractivity contribution in [1.82, 2.24) is 15.8 Å². The highest BCUT2D eigenvalue weighted by Crippen LogP contribution is 2.47. The van der Waals surface area contributed by atoms with Crippen LogP contribution in [0.15, 0.2) is 54.6 Å². The highest BCUT2D eigenvalue weighted by molar-refractivity contribution is 7.17. The third-order valence-corrected chi connectivity index (χ3v) is 5.95. The molecule has 0 spiro atoms. The number of aromatic nitrogens is 1. The zero-order valence-electron chi connectivity index (χ0n) is 15.1. The minimum Gasteiger partial charge on any atom is -0.273 e. The standard InChI is InChI=1S/C21H18FN3O2S/c1-12-18(28-21(23-12)14-5-3-2-4-6-14)20(27)25-24-19(26)17-11-16(17)13-7-9-15(22)10-8-13/h2-10,16-17H,11H2,1H3,(H,24,26)(H,25,27). The lowest BCUT2D eigenvalue weighted by atomic mass is 10.1. The van der Waals surface area contributed by atoms with Crippen molar-refractivity contribution in [2.75, 3.05) is 0 Å². The summed E-state index contributed by atoms with van der Waals surface area (Å²) in [6, 6.07) is 15.8. The number of carbonyl (C=O) groups is 2. The lowest BCUT2D eigenvalue weighted by molar-refractivity contribution is -0.123. The van der Waals surface area contributed by atoms with Crippen molar-refractivity contribution < 1.29 is 14.0 Å². The minimum absolute atomic E-state index is 0.0623. The number of thiazole rings is 1. The van der Waals surface area contributed by atoms with Gasteiger partial charge in [-0.3, -0.25) is 20.4 Å². The number of nitrogens with one attached hydrogen (secondary N) is 2. The number of hydrazine groups is 1. The summed E-state index contributed by atoms with van der Waals surface area (Å²) in [5.41, 5.74) is 7.46. The molecule has 28 heavy (non-hydrogen) atoms. The Labute approximate surface area is 165 Å². The van der Waals surface area contributed by atoms with Crippen LogP contribution in [0, 0.1) is 18.7 Å². The normalized spacial score (nSPS) is 17.8. The van der Waals surface area contributed by atoms with Gasteiger partial charge in [-0.1, -0.05) is 42.5 Å². The second-order valence-corrected chi connectivity index (χ2v) is 7.74. The fraction of sp³-hybridized carbons (Fsp3) is 0.190. The van der Waals surface area contributed by atoms with E-state index in [2.05, 4.69) is 15.8 Å². The van der Waals surface area contributed by atoms with E-state index in [-0.39, 0.29) is 29.5 Å². The van der Waals surface area contributed by atoms with E-state index < -0.39 is 0 Å². The maximum atomic E-state index is 13.0. The number of hydrogen-bond donors (Lipinski definition) is 2. The number of carbonyl (C=O) groups excluding carboxylic acids is 2. The summed E-state index contributed by atoms with van der Waals surface area (Å²) in [6.45, 7) is 1.77. The van der Waals surface area contributed by atoms with E-state index in [4.69, 9.17) is 0 Å². The number of aryl methyl sites for hydroxylation is 1. The average Bonchev–Trinajstić information content (AvgIpc) is 3.42. The molecule has 2 unspecified atom stereocenters. The molecule has 5 nitrogen and oxygen atoms in total. The molecule has 0 saturated heterocycles. The molecule has 1 heterocycles. The molecule has 2 N–H and O–H groups in total. The van der Waals surface area contributed by atoms with Gasteiger partial charge in [0.1, 0.15) is 15.7 Å². The minimum atomic E-state index is -0.385. The fourth-order valence-corrected chi connectivity index (χ4v) is 4.11. The SMILES string of the molecule is Cc1nc(-c2ccccc2)sc1C(=O)NNC(=O)C1CC1c1ccc(F)cc1. The first-order chi connectivity index (χ1) is 13.5. The molecule has 0 radical (unpaired) electrons. The summed E-state index contributed by atoms with van der Waals surface area (Å²) < 4.78 is 13.0. The third kappa shape index (κ3) is 3.80. The predicted octanol–water partition coefficient (Wildman–Crippen LogP) is 3.82. The number of halogens is 1. The molecule has 1 aliphatic carbocycles. The van der Waals surface area contributed by atoms with Gasteiger partial charge in [0.25, 0.3) is 5.91 Å². The molecule has 7 heteroatoms. The van der Waals surface area contributed by atoms with E-state index in [1.54, 1.807) is 19.1 Å². The van der Waals surface area contributed by atoms with Crippen molar-refractivity contribution in [3.63, 3.8) is 0 Å². The van der Waals surface area contributed by atoms with Gasteiger partial charge in [-0.2, -0.15) is 0 Å². The maximum Gasteiger partial charge on any atom is 0.281 e. The van der Waals surface area contributed by atoms with Crippen molar-refractivity contribution in [1.29, 1.82) is 0 Å². The molecule has 2 aromatic carbocycles. The van der Waals surface area contributed by atoms with Gasteiger partial charge < -0.3 is 0 Å². The van der Waals surface area contributed by atoms with E-state index >= 15 is 0 Å². The van der Waals surface area contributed by atoms with Gasteiger partial charge >= 0.3 is 0 Å². The Morgan fingerprint density at radius 1 is 1.07 bits per heavy atom. The van der Waals surface area contributed by atoms with E-state index in [0.717, 1.165) is 16.1 Å². The van der Waals surface area contributed by atoms with Gasteiger partial charge in [0.05, 0.1) is 5.69 Å². The Kier molecular flexibility index (Phi) is 4.92. The smallest absolute Gasteiger partial charge is 0.273 e. The Morgan fingerprint density at radius 3 is 2.50 bits per heavy atom. The molecule has 1 aliphatic rings. The second kappa shape index (κ2) is 7.52. The lowest BCUT2D eigenvalue weighted by Gasteiger charge is -2.06. The van der Waals surface area contributed by atoms with Crippen LogP contribution in [-0.2, 0) is 4.79 Å². The molecule has 0 bridgehead atoms. The van der Waals surface area contributed by atoms with Crippen LogP contribution in [0.1, 0.15) is 33.3 Å². The van der Waals surface area contributed by atoms with Crippen LogP contribution >= 0.6 is 11.3 Å². The van der Waals surface area contributed by atoms with Crippen LogP contribution < -0.4 is 10.9 Å². The summed E-state index contributed by atoms with van der Waals surface area (Å²) in [4.78, 5) is 29.7. The van der Waals surface area contributed by atoms with Crippen molar-refractivity contribution in [3.05, 3.63) is 76.5 Å². The number of nitrogens with zero attached hydrogens (tertiary/aromatic N) is 1. The predicted molar refractivity (Wildman–Crippen MR) is 105 cm³/mol. The van der Waals surface area contributed by atoms with Crippen LogP contribution in [0.5, 0.6) is 0 Å². The molecule has 2 atom stereocenters. The largest absolute Gasteiger partial charge is 0.281 e. The van der Waals surface area contributed by atoms with Gasteiger partial charge in [0, 0.05) is 11.5 Å². The number of amides is 2. The van der Waals surface area contributed by atoms with Crippen molar-refractivity contribution in [2.45, 2.75) is 19.3 Å². The van der Waals surface area contributed by atoms with E-state index in [1.165, 1.54) is 23.5 Å². The molecule has 2 amide bonds. The van der Waals surface area contributed by atoms with Gasteiger partial charge in [-0.05, 0) is 37.0 Å². The molecule has 1 aromatic heterocycles. The quantitative estimate of drug-likeness (QED) is 0.660. The highest BCUT2D eigenvalue weighted by Gasteiger charge is 2.44. The summed E-state index contributed by atoms with van der Waals surface area (Å²) in [5, 5.41) is 0.758. The number of rotatable bonds is 4. The van der Waals surface area contributed by atoms with Gasteiger partial charge in [-0.25, -0.2) is 9.37 Å². The van der Waals surface area contributed by atoms with Crippen LogP contribution in [0.2, 0.25) is 0 Å². The first-order valence-corrected chi connectivity index (χ1v) is 9.73. The summed E-state index contributed by atoms with van der Waals surface area (Å²) in [7, 11) is 0. The Morgan fingerprint density at radius 2 is 1.79 bits per heavy atom. The molecule has 0 aliphatic heterocycles. The first-order valence-electron chi connectivity index (χ1n) is 8.91. The first kappa shape index (κ1) is 18.3. The average molecular weight is 395 g/mol.